The largest absolute Gasteiger partial charge is 0.354 e. The van der Waals surface area contributed by atoms with Gasteiger partial charge in [0.2, 0.25) is 11.8 Å². The van der Waals surface area contributed by atoms with Gasteiger partial charge >= 0.3 is 0 Å². The monoisotopic (exact) mass is 354 g/mol. The van der Waals surface area contributed by atoms with Gasteiger partial charge in [-0.1, -0.05) is 42.5 Å². The second-order valence-electron chi connectivity index (χ2n) is 6.58. The summed E-state index contributed by atoms with van der Waals surface area (Å²) < 4.78 is 13.1. The van der Waals surface area contributed by atoms with E-state index in [1.165, 1.54) is 12.1 Å². The molecule has 0 bridgehead atoms. The molecular formula is C21H23FN2O2. The molecule has 0 saturated carbocycles. The number of carbonyl (C=O) groups is 2. The van der Waals surface area contributed by atoms with E-state index in [1.54, 1.807) is 17.0 Å². The number of benzene rings is 2. The normalized spacial score (nSPS) is 17.2. The minimum absolute atomic E-state index is 0.0243. The Bertz CT molecular complexity index is 746. The number of amides is 2. The van der Waals surface area contributed by atoms with Crippen LogP contribution in [-0.2, 0) is 22.6 Å². The average molecular weight is 354 g/mol. The van der Waals surface area contributed by atoms with Gasteiger partial charge in [-0.15, -0.1) is 0 Å². The van der Waals surface area contributed by atoms with Crippen molar-refractivity contribution in [1.29, 1.82) is 0 Å². The highest BCUT2D eigenvalue weighted by molar-refractivity contribution is 5.88. The summed E-state index contributed by atoms with van der Waals surface area (Å²) in [6.45, 7) is 0.869. The van der Waals surface area contributed by atoms with Crippen LogP contribution in [0.5, 0.6) is 0 Å². The fourth-order valence-electron chi connectivity index (χ4n) is 3.27. The number of halogens is 1. The van der Waals surface area contributed by atoms with Crippen LogP contribution in [0.2, 0.25) is 0 Å². The third-order valence-electron chi connectivity index (χ3n) is 4.69. The number of piperidine rings is 1. The molecule has 2 aromatic carbocycles. The molecule has 1 aliphatic heterocycles. The predicted octanol–water partition coefficient (Wildman–Crippen LogP) is 3.07. The molecule has 2 aromatic rings. The zero-order valence-corrected chi connectivity index (χ0v) is 14.7. The third kappa shape index (κ3) is 4.69. The van der Waals surface area contributed by atoms with Crippen LogP contribution < -0.4 is 5.32 Å². The molecule has 5 heteroatoms. The molecule has 0 radical (unpaired) electrons. The summed E-state index contributed by atoms with van der Waals surface area (Å²) in [6.07, 6.45) is 2.58. The molecule has 4 nitrogen and oxygen atoms in total. The Labute approximate surface area is 153 Å². The number of hydrogen-bond acceptors (Lipinski definition) is 2. The second-order valence-corrected chi connectivity index (χ2v) is 6.58. The molecule has 1 atom stereocenters. The lowest BCUT2D eigenvalue weighted by molar-refractivity contribution is -0.144. The van der Waals surface area contributed by atoms with Crippen LogP contribution in [0.15, 0.2) is 54.6 Å². The fraction of sp³-hybridized carbons (Fsp3) is 0.333. The molecule has 1 aliphatic rings. The molecule has 1 heterocycles. The molecule has 0 aliphatic carbocycles. The van der Waals surface area contributed by atoms with Gasteiger partial charge in [-0.2, -0.15) is 0 Å². The van der Waals surface area contributed by atoms with Gasteiger partial charge in [-0.3, -0.25) is 9.59 Å². The lowest BCUT2D eigenvalue weighted by Gasteiger charge is -2.34. The predicted molar refractivity (Wildman–Crippen MR) is 97.7 cm³/mol. The van der Waals surface area contributed by atoms with Gasteiger partial charge < -0.3 is 10.2 Å². The topological polar surface area (TPSA) is 49.4 Å². The molecule has 1 saturated heterocycles. The quantitative estimate of drug-likeness (QED) is 0.867. The van der Waals surface area contributed by atoms with E-state index >= 15 is 0 Å². The second kappa shape index (κ2) is 8.61. The molecule has 0 spiro atoms. The number of likely N-dealkylation sites (tertiary alicyclic amines) is 1. The maximum atomic E-state index is 13.1. The van der Waals surface area contributed by atoms with E-state index in [0.717, 1.165) is 24.0 Å². The van der Waals surface area contributed by atoms with Crippen molar-refractivity contribution in [2.24, 2.45) is 0 Å². The SMILES string of the molecule is O=C(NCCc1ccccc1)C1CCCC(=O)N1Cc1ccc(F)cc1. The van der Waals surface area contributed by atoms with Crippen LogP contribution in [0.25, 0.3) is 0 Å². The Balaban J connectivity index is 1.60. The molecule has 0 aromatic heterocycles. The third-order valence-corrected chi connectivity index (χ3v) is 4.69. The minimum atomic E-state index is -0.461. The first kappa shape index (κ1) is 18.1. The molecule has 1 fully saturated rings. The average Bonchev–Trinajstić information content (AvgIpc) is 2.66. The van der Waals surface area contributed by atoms with Gasteiger partial charge in [0.05, 0.1) is 0 Å². The Hall–Kier alpha value is -2.69. The molecule has 1 unspecified atom stereocenters. The van der Waals surface area contributed by atoms with Crippen LogP contribution in [0.3, 0.4) is 0 Å². The van der Waals surface area contributed by atoms with Gasteiger partial charge in [0.25, 0.3) is 0 Å². The maximum absolute atomic E-state index is 13.1. The van der Waals surface area contributed by atoms with Gasteiger partial charge in [-0.05, 0) is 42.5 Å². The van der Waals surface area contributed by atoms with Crippen LogP contribution >= 0.6 is 0 Å². The van der Waals surface area contributed by atoms with Crippen molar-refractivity contribution in [2.75, 3.05) is 6.54 Å². The van der Waals surface area contributed by atoms with Crippen molar-refractivity contribution >= 4 is 11.8 Å². The van der Waals surface area contributed by atoms with Crippen LogP contribution in [0.4, 0.5) is 4.39 Å². The summed E-state index contributed by atoms with van der Waals surface area (Å²) in [5.41, 5.74) is 1.99. The molecule has 1 N–H and O–H groups in total. The van der Waals surface area contributed by atoms with Crippen molar-refractivity contribution in [1.82, 2.24) is 10.2 Å². The number of nitrogens with one attached hydrogen (secondary N) is 1. The standard InChI is InChI=1S/C21H23FN2O2/c22-18-11-9-17(10-12-18)15-24-19(7-4-8-20(24)25)21(26)23-14-13-16-5-2-1-3-6-16/h1-3,5-6,9-12,19H,4,7-8,13-15H2,(H,23,26). The Morgan fingerprint density at radius 1 is 1.08 bits per heavy atom. The first-order valence-electron chi connectivity index (χ1n) is 8.99. The molecule has 26 heavy (non-hydrogen) atoms. The summed E-state index contributed by atoms with van der Waals surface area (Å²) in [6, 6.07) is 15.6. The van der Waals surface area contributed by atoms with Crippen molar-refractivity contribution in [3.05, 3.63) is 71.5 Å². The van der Waals surface area contributed by atoms with Crippen LogP contribution in [-0.4, -0.2) is 29.3 Å². The summed E-state index contributed by atoms with van der Waals surface area (Å²) in [5.74, 6) is -0.450. The number of carbonyl (C=O) groups excluding carboxylic acids is 2. The van der Waals surface area contributed by atoms with E-state index in [4.69, 9.17) is 0 Å². The van der Waals surface area contributed by atoms with Crippen molar-refractivity contribution < 1.29 is 14.0 Å². The summed E-state index contributed by atoms with van der Waals surface area (Å²) in [4.78, 5) is 26.6. The first-order valence-corrected chi connectivity index (χ1v) is 8.99. The van der Waals surface area contributed by atoms with E-state index < -0.39 is 6.04 Å². The number of nitrogens with zero attached hydrogens (tertiary/aromatic N) is 1. The van der Waals surface area contributed by atoms with E-state index in [2.05, 4.69) is 5.32 Å². The number of hydrogen-bond donors (Lipinski definition) is 1. The van der Waals surface area contributed by atoms with Crippen LogP contribution in [0.1, 0.15) is 30.4 Å². The van der Waals surface area contributed by atoms with Gasteiger partial charge in [0.15, 0.2) is 0 Å². The Kier molecular flexibility index (Phi) is 6.00. The fourth-order valence-corrected chi connectivity index (χ4v) is 3.27. The van der Waals surface area contributed by atoms with Crippen molar-refractivity contribution in [3.8, 4) is 0 Å². The van der Waals surface area contributed by atoms with E-state index in [-0.39, 0.29) is 17.6 Å². The van der Waals surface area contributed by atoms with Gasteiger partial charge in [0, 0.05) is 19.5 Å². The van der Waals surface area contributed by atoms with Crippen molar-refractivity contribution in [3.63, 3.8) is 0 Å². The summed E-state index contributed by atoms with van der Waals surface area (Å²) in [7, 11) is 0. The van der Waals surface area contributed by atoms with Gasteiger partial charge in [-0.25, -0.2) is 4.39 Å². The maximum Gasteiger partial charge on any atom is 0.242 e. The van der Waals surface area contributed by atoms with Crippen LogP contribution in [0, 0.1) is 5.82 Å². The van der Waals surface area contributed by atoms with E-state index in [9.17, 15) is 14.0 Å². The lowest BCUT2D eigenvalue weighted by Crippen LogP contribution is -2.51. The molecular weight excluding hydrogens is 331 g/mol. The van der Waals surface area contributed by atoms with E-state index in [1.807, 2.05) is 30.3 Å². The molecule has 136 valence electrons. The zero-order valence-electron chi connectivity index (χ0n) is 14.7. The first-order chi connectivity index (χ1) is 12.6. The van der Waals surface area contributed by atoms with E-state index in [0.29, 0.717) is 25.9 Å². The Morgan fingerprint density at radius 2 is 1.81 bits per heavy atom. The Morgan fingerprint density at radius 3 is 2.54 bits per heavy atom. The summed E-state index contributed by atoms with van der Waals surface area (Å²) in [5, 5.41) is 2.95. The zero-order chi connectivity index (χ0) is 18.4. The highest BCUT2D eigenvalue weighted by atomic mass is 19.1. The summed E-state index contributed by atoms with van der Waals surface area (Å²) >= 11 is 0. The van der Waals surface area contributed by atoms with Gasteiger partial charge in [0.1, 0.15) is 11.9 Å². The van der Waals surface area contributed by atoms with Crippen molar-refractivity contribution in [2.45, 2.75) is 38.3 Å². The highest BCUT2D eigenvalue weighted by Crippen LogP contribution is 2.21. The minimum Gasteiger partial charge on any atom is -0.354 e. The smallest absolute Gasteiger partial charge is 0.242 e. The lowest BCUT2D eigenvalue weighted by atomic mass is 9.99. The number of rotatable bonds is 6. The molecule has 3 rings (SSSR count). The molecule has 2 amide bonds. The highest BCUT2D eigenvalue weighted by Gasteiger charge is 2.32.